The van der Waals surface area contributed by atoms with Crippen LogP contribution in [0.2, 0.25) is 0 Å². The first-order valence-electron chi connectivity index (χ1n) is 8.51. The summed E-state index contributed by atoms with van der Waals surface area (Å²) in [5.74, 6) is 1.13. The Kier molecular flexibility index (Phi) is 4.48. The van der Waals surface area contributed by atoms with Crippen molar-refractivity contribution in [3.63, 3.8) is 0 Å². The highest BCUT2D eigenvalue weighted by molar-refractivity contribution is 7.92. The number of hydrogen-bond donors (Lipinski definition) is 1. The van der Waals surface area contributed by atoms with Crippen LogP contribution in [0.15, 0.2) is 74.7 Å². The molecule has 0 bridgehead atoms. The predicted octanol–water partition coefficient (Wildman–Crippen LogP) is 4.41. The van der Waals surface area contributed by atoms with E-state index in [4.69, 9.17) is 9.05 Å². The van der Waals surface area contributed by atoms with Gasteiger partial charge in [-0.3, -0.25) is 4.72 Å². The van der Waals surface area contributed by atoms with Crippen LogP contribution in [0.25, 0.3) is 22.6 Å². The van der Waals surface area contributed by atoms with Gasteiger partial charge in [-0.25, -0.2) is 8.42 Å². The van der Waals surface area contributed by atoms with Crippen molar-refractivity contribution in [1.29, 1.82) is 0 Å². The number of rotatable bonds is 5. The molecule has 0 atom stereocenters. The molecule has 0 aliphatic carbocycles. The highest BCUT2D eigenvalue weighted by Crippen LogP contribution is 2.28. The van der Waals surface area contributed by atoms with Gasteiger partial charge < -0.3 is 9.05 Å². The molecule has 0 fully saturated rings. The van der Waals surface area contributed by atoms with Gasteiger partial charge in [-0.15, -0.1) is 0 Å². The summed E-state index contributed by atoms with van der Waals surface area (Å²) in [5.41, 5.74) is 3.26. The third-order valence-corrected chi connectivity index (χ3v) is 5.77. The summed E-state index contributed by atoms with van der Waals surface area (Å²) >= 11 is 0. The molecule has 2 heterocycles. The zero-order valence-electron chi connectivity index (χ0n) is 15.2. The van der Waals surface area contributed by atoms with Gasteiger partial charge in [0.1, 0.15) is 0 Å². The van der Waals surface area contributed by atoms with Gasteiger partial charge in [-0.1, -0.05) is 22.4 Å². The van der Waals surface area contributed by atoms with E-state index in [9.17, 15) is 8.42 Å². The highest BCUT2D eigenvalue weighted by atomic mass is 32.2. The number of aryl methyl sites for hydroxylation is 2. The lowest BCUT2D eigenvalue weighted by molar-refractivity contribution is 0.427. The van der Waals surface area contributed by atoms with E-state index >= 15 is 0 Å². The van der Waals surface area contributed by atoms with Gasteiger partial charge in [-0.2, -0.15) is 0 Å². The Morgan fingerprint density at radius 3 is 2.25 bits per heavy atom. The van der Waals surface area contributed by atoms with Crippen LogP contribution in [-0.4, -0.2) is 18.7 Å². The summed E-state index contributed by atoms with van der Waals surface area (Å²) in [5, 5.41) is 7.52. The minimum atomic E-state index is -3.78. The quantitative estimate of drug-likeness (QED) is 0.537. The molecule has 0 saturated carbocycles. The molecule has 0 spiro atoms. The summed E-state index contributed by atoms with van der Waals surface area (Å²) in [4.78, 5) is 0.179. The first-order valence-corrected chi connectivity index (χ1v) is 9.99. The van der Waals surface area contributed by atoms with Crippen LogP contribution < -0.4 is 4.72 Å². The number of nitrogens with zero attached hydrogens (tertiary/aromatic N) is 2. The third kappa shape index (κ3) is 3.54. The second kappa shape index (κ2) is 6.97. The van der Waals surface area contributed by atoms with Gasteiger partial charge in [0.05, 0.1) is 16.8 Å². The van der Waals surface area contributed by atoms with Crippen LogP contribution in [0.1, 0.15) is 11.3 Å². The van der Waals surface area contributed by atoms with Crippen molar-refractivity contribution in [2.45, 2.75) is 18.7 Å². The Morgan fingerprint density at radius 2 is 1.61 bits per heavy atom. The van der Waals surface area contributed by atoms with Crippen LogP contribution in [-0.2, 0) is 10.0 Å². The normalized spacial score (nSPS) is 11.5. The van der Waals surface area contributed by atoms with Gasteiger partial charge in [0, 0.05) is 28.9 Å². The molecule has 4 rings (SSSR count). The summed E-state index contributed by atoms with van der Waals surface area (Å²) in [6, 6.07) is 15.5. The van der Waals surface area contributed by atoms with Crippen LogP contribution in [0, 0.1) is 13.8 Å². The van der Waals surface area contributed by atoms with E-state index in [0.29, 0.717) is 28.3 Å². The topological polar surface area (TPSA) is 98.2 Å². The molecule has 0 unspecified atom stereocenters. The van der Waals surface area contributed by atoms with Crippen molar-refractivity contribution in [2.24, 2.45) is 0 Å². The van der Waals surface area contributed by atoms with Gasteiger partial charge >= 0.3 is 0 Å². The van der Waals surface area contributed by atoms with Crippen molar-refractivity contribution < 1.29 is 17.5 Å². The van der Waals surface area contributed by atoms with Gasteiger partial charge in [0.25, 0.3) is 10.0 Å². The van der Waals surface area contributed by atoms with Crippen molar-refractivity contribution in [3.8, 4) is 22.6 Å². The maximum absolute atomic E-state index is 12.9. The Balaban J connectivity index is 1.63. The zero-order valence-corrected chi connectivity index (χ0v) is 16.0. The van der Waals surface area contributed by atoms with Crippen LogP contribution >= 0.6 is 0 Å². The summed E-state index contributed by atoms with van der Waals surface area (Å²) in [7, 11) is -3.78. The lowest BCUT2D eigenvalue weighted by atomic mass is 10.1. The second-order valence-corrected chi connectivity index (χ2v) is 8.02. The Morgan fingerprint density at radius 1 is 0.857 bits per heavy atom. The molecule has 4 aromatic rings. The molecule has 7 nitrogen and oxygen atoms in total. The minimum absolute atomic E-state index is 0.179. The molecule has 2 aromatic heterocycles. The second-order valence-electron chi connectivity index (χ2n) is 6.37. The van der Waals surface area contributed by atoms with E-state index in [1.165, 1.54) is 0 Å². The fourth-order valence-electron chi connectivity index (χ4n) is 2.82. The van der Waals surface area contributed by atoms with E-state index in [1.807, 2.05) is 6.92 Å². The van der Waals surface area contributed by atoms with E-state index in [-0.39, 0.29) is 4.90 Å². The lowest BCUT2D eigenvalue weighted by Gasteiger charge is -2.11. The minimum Gasteiger partial charge on any atom is -0.356 e. The molecule has 0 radical (unpaired) electrons. The fraction of sp³-hybridized carbons (Fsp3) is 0.100. The largest absolute Gasteiger partial charge is 0.356 e. The average molecular weight is 395 g/mol. The summed E-state index contributed by atoms with van der Waals surface area (Å²) in [6.07, 6.45) is 1.55. The SMILES string of the molecule is Cc1cc(-c2ccc(C)c(S(=O)(=O)Nc3ccc(-c4ccno4)cc3)c2)on1. The molecule has 0 aliphatic rings. The van der Waals surface area contributed by atoms with Crippen LogP contribution in [0.5, 0.6) is 0 Å². The van der Waals surface area contributed by atoms with Gasteiger partial charge in [-0.05, 0) is 49.7 Å². The monoisotopic (exact) mass is 395 g/mol. The number of sulfonamides is 1. The lowest BCUT2D eigenvalue weighted by Crippen LogP contribution is -2.14. The molecule has 0 aliphatic heterocycles. The van der Waals surface area contributed by atoms with E-state index in [0.717, 1.165) is 11.3 Å². The zero-order chi connectivity index (χ0) is 19.7. The standard InChI is InChI=1S/C20H17N3O4S/c1-13-3-4-16(19-11-14(2)22-27-19)12-20(13)28(24,25)23-17-7-5-15(6-8-17)18-9-10-21-26-18/h3-12,23H,1-2H3. The fourth-order valence-corrected chi connectivity index (χ4v) is 4.15. The molecular formula is C20H17N3O4S. The molecule has 0 saturated heterocycles. The van der Waals surface area contributed by atoms with Crippen molar-refractivity contribution in [2.75, 3.05) is 4.72 Å². The predicted molar refractivity (Wildman–Crippen MR) is 104 cm³/mol. The molecule has 1 N–H and O–H groups in total. The van der Waals surface area contributed by atoms with Crippen molar-refractivity contribution in [1.82, 2.24) is 10.3 Å². The number of nitrogens with one attached hydrogen (secondary N) is 1. The summed E-state index contributed by atoms with van der Waals surface area (Å²) in [6.45, 7) is 3.56. The van der Waals surface area contributed by atoms with E-state index < -0.39 is 10.0 Å². The van der Waals surface area contributed by atoms with Crippen LogP contribution in [0.4, 0.5) is 5.69 Å². The average Bonchev–Trinajstić information content (AvgIpc) is 3.34. The maximum Gasteiger partial charge on any atom is 0.262 e. The van der Waals surface area contributed by atoms with Gasteiger partial charge in [0.2, 0.25) is 0 Å². The number of hydrogen-bond acceptors (Lipinski definition) is 6. The maximum atomic E-state index is 12.9. The first kappa shape index (κ1) is 18.0. The highest BCUT2D eigenvalue weighted by Gasteiger charge is 2.19. The summed E-state index contributed by atoms with van der Waals surface area (Å²) < 4.78 is 38.8. The Bertz CT molecular complexity index is 1210. The Labute approximate surface area is 162 Å². The molecule has 8 heteroatoms. The van der Waals surface area contributed by atoms with E-state index in [1.54, 1.807) is 67.7 Å². The Hall–Kier alpha value is -3.39. The molecule has 142 valence electrons. The van der Waals surface area contributed by atoms with Crippen molar-refractivity contribution >= 4 is 15.7 Å². The molecule has 28 heavy (non-hydrogen) atoms. The third-order valence-electron chi connectivity index (χ3n) is 4.25. The van der Waals surface area contributed by atoms with Crippen molar-refractivity contribution in [3.05, 3.63) is 72.1 Å². The molecule has 2 aromatic carbocycles. The molecule has 0 amide bonds. The number of aromatic nitrogens is 2. The van der Waals surface area contributed by atoms with Crippen LogP contribution in [0.3, 0.4) is 0 Å². The smallest absolute Gasteiger partial charge is 0.262 e. The van der Waals surface area contributed by atoms with Gasteiger partial charge in [0.15, 0.2) is 11.5 Å². The number of benzene rings is 2. The molecular weight excluding hydrogens is 378 g/mol. The van der Waals surface area contributed by atoms with E-state index in [2.05, 4.69) is 15.0 Å². The number of anilines is 1. The first-order chi connectivity index (χ1) is 13.4.